The van der Waals surface area contributed by atoms with Crippen molar-refractivity contribution in [3.8, 4) is 6.07 Å². The molecule has 0 bridgehead atoms. The fourth-order valence-electron chi connectivity index (χ4n) is 3.17. The van der Waals surface area contributed by atoms with Crippen LogP contribution in [0.15, 0.2) is 41.3 Å². The maximum absolute atomic E-state index is 11.9. The average molecular weight is 451 g/mol. The fourth-order valence-corrected chi connectivity index (χ4v) is 4.00. The molecule has 1 heterocycles. The van der Waals surface area contributed by atoms with Crippen molar-refractivity contribution in [1.82, 2.24) is 0 Å². The number of hydrogen-bond donors (Lipinski definition) is 0. The highest BCUT2D eigenvalue weighted by molar-refractivity contribution is 7.95. The summed E-state index contributed by atoms with van der Waals surface area (Å²) >= 11 is 12.1. The van der Waals surface area contributed by atoms with Crippen molar-refractivity contribution in [2.45, 2.75) is 6.42 Å². The lowest BCUT2D eigenvalue weighted by Crippen LogP contribution is -2.36. The van der Waals surface area contributed by atoms with Crippen LogP contribution >= 0.6 is 23.2 Å². The Morgan fingerprint density at radius 1 is 1.14 bits per heavy atom. The molecule has 0 aromatic heterocycles. The number of allylic oxidation sites excluding steroid dienone is 1. The van der Waals surface area contributed by atoms with E-state index in [9.17, 15) is 13.7 Å². The molecule has 0 amide bonds. The minimum Gasteiger partial charge on any atom is -0.378 e. The van der Waals surface area contributed by atoms with E-state index in [1.54, 1.807) is 12.1 Å². The van der Waals surface area contributed by atoms with Crippen LogP contribution in [0.1, 0.15) is 16.7 Å². The summed E-state index contributed by atoms with van der Waals surface area (Å²) in [5.74, 6) is 0. The van der Waals surface area contributed by atoms with Crippen molar-refractivity contribution >= 4 is 44.8 Å². The lowest BCUT2D eigenvalue weighted by molar-refractivity contribution is 0.122. The summed E-state index contributed by atoms with van der Waals surface area (Å²) in [6, 6.07) is 13.1. The van der Waals surface area contributed by atoms with Gasteiger partial charge in [-0.3, -0.25) is 0 Å². The van der Waals surface area contributed by atoms with Gasteiger partial charge < -0.3 is 9.64 Å². The van der Waals surface area contributed by atoms with Crippen molar-refractivity contribution < 1.29 is 13.2 Å². The molecule has 0 aliphatic carbocycles. The Kier molecular flexibility index (Phi) is 6.86. The standard InChI is InChI=1S/C21H20Cl2N2O3S/c1-29(26,27)18(14-24)13-17-11-15(10-16-2-4-19(22)20(23)12-16)3-5-21(17)25-6-8-28-9-7-25/h2-5,11-13H,6-10H2,1H3/b18-13+. The van der Waals surface area contributed by atoms with Gasteiger partial charge in [0.15, 0.2) is 9.84 Å². The normalized spacial score (nSPS) is 15.2. The number of nitriles is 1. The van der Waals surface area contributed by atoms with Crippen LogP contribution in [0.4, 0.5) is 5.69 Å². The third-order valence-electron chi connectivity index (χ3n) is 4.63. The maximum Gasteiger partial charge on any atom is 0.185 e. The van der Waals surface area contributed by atoms with Gasteiger partial charge in [0.2, 0.25) is 0 Å². The first-order valence-electron chi connectivity index (χ1n) is 8.99. The van der Waals surface area contributed by atoms with Crippen molar-refractivity contribution in [3.63, 3.8) is 0 Å². The summed E-state index contributed by atoms with van der Waals surface area (Å²) in [7, 11) is -3.62. The fraction of sp³-hybridized carbons (Fsp3) is 0.286. The van der Waals surface area contributed by atoms with E-state index in [1.165, 1.54) is 6.08 Å². The van der Waals surface area contributed by atoms with Gasteiger partial charge in [-0.15, -0.1) is 0 Å². The van der Waals surface area contributed by atoms with E-state index in [2.05, 4.69) is 4.90 Å². The lowest BCUT2D eigenvalue weighted by Gasteiger charge is -2.30. The molecular weight excluding hydrogens is 431 g/mol. The van der Waals surface area contributed by atoms with Crippen LogP contribution in [0.3, 0.4) is 0 Å². The van der Waals surface area contributed by atoms with E-state index in [0.29, 0.717) is 48.3 Å². The van der Waals surface area contributed by atoms with Gasteiger partial charge in [-0.1, -0.05) is 35.3 Å². The van der Waals surface area contributed by atoms with Crippen LogP contribution < -0.4 is 4.90 Å². The van der Waals surface area contributed by atoms with Gasteiger partial charge in [0.05, 0.1) is 23.3 Å². The Hall–Kier alpha value is -2.04. The van der Waals surface area contributed by atoms with Gasteiger partial charge in [-0.25, -0.2) is 8.42 Å². The molecule has 0 unspecified atom stereocenters. The Morgan fingerprint density at radius 2 is 1.79 bits per heavy atom. The summed E-state index contributed by atoms with van der Waals surface area (Å²) < 4.78 is 29.3. The summed E-state index contributed by atoms with van der Waals surface area (Å²) in [5.41, 5.74) is 3.52. The second-order valence-corrected chi connectivity index (χ2v) is 9.61. The molecule has 0 saturated carbocycles. The van der Waals surface area contributed by atoms with Crippen molar-refractivity contribution in [1.29, 1.82) is 5.26 Å². The summed E-state index contributed by atoms with van der Waals surface area (Å²) in [6.45, 7) is 2.61. The smallest absolute Gasteiger partial charge is 0.185 e. The van der Waals surface area contributed by atoms with Crippen LogP contribution in [-0.4, -0.2) is 41.0 Å². The van der Waals surface area contributed by atoms with Gasteiger partial charge in [-0.05, 0) is 47.9 Å². The minimum absolute atomic E-state index is 0.265. The van der Waals surface area contributed by atoms with E-state index >= 15 is 0 Å². The number of ether oxygens (including phenoxy) is 1. The van der Waals surface area contributed by atoms with Crippen LogP contribution in [0, 0.1) is 11.3 Å². The number of benzene rings is 2. The quantitative estimate of drug-likeness (QED) is 0.633. The highest BCUT2D eigenvalue weighted by Crippen LogP contribution is 2.29. The Bertz CT molecular complexity index is 1090. The largest absolute Gasteiger partial charge is 0.378 e. The molecule has 5 nitrogen and oxygen atoms in total. The summed E-state index contributed by atoms with van der Waals surface area (Å²) in [6.07, 6.45) is 3.08. The van der Waals surface area contributed by atoms with Crippen molar-refractivity contribution in [3.05, 3.63) is 68.0 Å². The first-order valence-corrected chi connectivity index (χ1v) is 11.6. The van der Waals surface area contributed by atoms with Crippen molar-refractivity contribution in [2.24, 2.45) is 0 Å². The van der Waals surface area contributed by atoms with Crippen LogP contribution in [0.25, 0.3) is 6.08 Å². The third kappa shape index (κ3) is 5.52. The number of halogens is 2. The number of morpholine rings is 1. The molecule has 1 aliphatic heterocycles. The number of hydrogen-bond acceptors (Lipinski definition) is 5. The summed E-state index contributed by atoms with van der Waals surface area (Å²) in [5, 5.41) is 10.3. The molecule has 1 fully saturated rings. The van der Waals surface area contributed by atoms with E-state index in [1.807, 2.05) is 30.3 Å². The molecule has 2 aromatic rings. The monoisotopic (exact) mass is 450 g/mol. The molecule has 29 heavy (non-hydrogen) atoms. The molecule has 8 heteroatoms. The minimum atomic E-state index is -3.62. The first-order chi connectivity index (χ1) is 13.8. The zero-order chi connectivity index (χ0) is 21.0. The van der Waals surface area contributed by atoms with Crippen LogP contribution in [0.5, 0.6) is 0 Å². The van der Waals surface area contributed by atoms with Gasteiger partial charge in [0, 0.05) is 30.6 Å². The Labute approximate surface area is 181 Å². The molecule has 0 atom stereocenters. The van der Waals surface area contributed by atoms with Crippen molar-refractivity contribution in [2.75, 3.05) is 37.5 Å². The van der Waals surface area contributed by atoms with E-state index in [-0.39, 0.29) is 4.91 Å². The Balaban J connectivity index is 2.03. The molecule has 1 saturated heterocycles. The average Bonchev–Trinajstić information content (AvgIpc) is 2.69. The molecule has 0 radical (unpaired) electrons. The Morgan fingerprint density at radius 3 is 2.41 bits per heavy atom. The third-order valence-corrected chi connectivity index (χ3v) is 6.38. The number of nitrogens with zero attached hydrogens (tertiary/aromatic N) is 2. The zero-order valence-electron chi connectivity index (χ0n) is 15.9. The van der Waals surface area contributed by atoms with Gasteiger partial charge in [0.25, 0.3) is 0 Å². The van der Waals surface area contributed by atoms with E-state index in [0.717, 1.165) is 23.1 Å². The summed E-state index contributed by atoms with van der Waals surface area (Å²) in [4.78, 5) is 1.87. The molecule has 2 aromatic carbocycles. The topological polar surface area (TPSA) is 70.4 Å². The number of rotatable bonds is 5. The number of sulfone groups is 1. The number of anilines is 1. The highest BCUT2D eigenvalue weighted by Gasteiger charge is 2.17. The molecule has 0 spiro atoms. The second-order valence-electron chi connectivity index (χ2n) is 6.81. The van der Waals surface area contributed by atoms with E-state index < -0.39 is 9.84 Å². The predicted molar refractivity (Wildman–Crippen MR) is 117 cm³/mol. The van der Waals surface area contributed by atoms with Gasteiger partial charge in [0.1, 0.15) is 11.0 Å². The molecular formula is C21H20Cl2N2O3S. The van der Waals surface area contributed by atoms with Crippen LogP contribution in [-0.2, 0) is 21.0 Å². The zero-order valence-corrected chi connectivity index (χ0v) is 18.2. The molecule has 1 aliphatic rings. The first kappa shape index (κ1) is 21.7. The van der Waals surface area contributed by atoms with Gasteiger partial charge in [-0.2, -0.15) is 5.26 Å². The van der Waals surface area contributed by atoms with Crippen LogP contribution in [0.2, 0.25) is 10.0 Å². The molecule has 3 rings (SSSR count). The predicted octanol–water partition coefficient (Wildman–Crippen LogP) is 4.33. The van der Waals surface area contributed by atoms with E-state index in [4.69, 9.17) is 27.9 Å². The lowest BCUT2D eigenvalue weighted by atomic mass is 10.0. The SMILES string of the molecule is CS(=O)(=O)/C(C#N)=C/c1cc(Cc2ccc(Cl)c(Cl)c2)ccc1N1CCOCC1. The maximum atomic E-state index is 11.9. The highest BCUT2D eigenvalue weighted by atomic mass is 35.5. The molecule has 152 valence electrons. The molecule has 0 N–H and O–H groups in total. The van der Waals surface area contributed by atoms with Gasteiger partial charge >= 0.3 is 0 Å². The second kappa shape index (κ2) is 9.19.